The van der Waals surface area contributed by atoms with Crippen LogP contribution < -0.4 is 14.2 Å². The molecule has 0 aliphatic carbocycles. The van der Waals surface area contributed by atoms with Gasteiger partial charge in [0.1, 0.15) is 59.9 Å². The molecule has 2 heterocycles. The van der Waals surface area contributed by atoms with Gasteiger partial charge in [-0.1, -0.05) is 141 Å². The van der Waals surface area contributed by atoms with Gasteiger partial charge in [0.25, 0.3) is 0 Å². The number of aliphatic hydroxyl groups is 1. The van der Waals surface area contributed by atoms with Gasteiger partial charge in [0.15, 0.2) is 0 Å². The van der Waals surface area contributed by atoms with Gasteiger partial charge < -0.3 is 44.1 Å². The minimum absolute atomic E-state index is 0.0692. The van der Waals surface area contributed by atoms with E-state index in [1.54, 1.807) is 19.2 Å². The molecule has 2 aliphatic heterocycles. The summed E-state index contributed by atoms with van der Waals surface area (Å²) in [7, 11) is 1.67. The second kappa shape index (κ2) is 22.8. The first kappa shape index (κ1) is 51.1. The first-order valence-electron chi connectivity index (χ1n) is 24.0. The SMILES string of the molecule is CC(C)(c1ccc(OCC2CO2)cc1)c1ccc(OCC2CO2)cc1.COc1ccc(C(C)(C)c2ccc(CO)cc2)cc1.Cc1ccc(O)c(Cc2cc(C)cc(Cc3cc(C)ccc3O)c2O)c1. The first-order valence-corrected chi connectivity index (χ1v) is 24.0. The number of ether oxygens (including phenoxy) is 5. The molecular weight excluding hydrogens is 877 g/mol. The molecule has 2 fully saturated rings. The summed E-state index contributed by atoms with van der Waals surface area (Å²) in [4.78, 5) is 0. The zero-order chi connectivity index (χ0) is 50.0. The summed E-state index contributed by atoms with van der Waals surface area (Å²) in [5.41, 5.74) is 12.0. The summed E-state index contributed by atoms with van der Waals surface area (Å²) in [6, 6.07) is 47.8. The summed E-state index contributed by atoms with van der Waals surface area (Å²) in [6.07, 6.45) is 1.47. The van der Waals surface area contributed by atoms with E-state index in [9.17, 15) is 15.3 Å². The number of aliphatic hydroxyl groups excluding tert-OH is 1. The fourth-order valence-corrected chi connectivity index (χ4v) is 8.34. The molecule has 9 heteroatoms. The monoisotopic (exact) mass is 944 g/mol. The minimum atomic E-state index is -0.0870. The molecule has 7 aromatic carbocycles. The number of epoxide rings is 2. The molecular formula is C61H68O9. The Morgan fingerprint density at radius 3 is 1.16 bits per heavy atom. The molecule has 2 atom stereocenters. The van der Waals surface area contributed by atoms with E-state index in [2.05, 4.69) is 76.2 Å². The summed E-state index contributed by atoms with van der Waals surface area (Å²) >= 11 is 0. The molecule has 0 amide bonds. The molecule has 9 nitrogen and oxygen atoms in total. The predicted octanol–water partition coefficient (Wildman–Crippen LogP) is 12.0. The van der Waals surface area contributed by atoms with Crippen molar-refractivity contribution in [2.75, 3.05) is 33.5 Å². The highest BCUT2D eigenvalue weighted by molar-refractivity contribution is 5.51. The van der Waals surface area contributed by atoms with E-state index in [4.69, 9.17) is 28.8 Å². The van der Waals surface area contributed by atoms with Gasteiger partial charge in [-0.25, -0.2) is 0 Å². The van der Waals surface area contributed by atoms with E-state index >= 15 is 0 Å². The number of phenols is 3. The van der Waals surface area contributed by atoms with Crippen LogP contribution in [0.3, 0.4) is 0 Å². The lowest BCUT2D eigenvalue weighted by Gasteiger charge is -2.26. The molecule has 366 valence electrons. The lowest BCUT2D eigenvalue weighted by molar-refractivity contribution is 0.263. The number of aromatic hydroxyl groups is 3. The Labute approximate surface area is 413 Å². The van der Waals surface area contributed by atoms with Crippen LogP contribution >= 0.6 is 0 Å². The third-order valence-corrected chi connectivity index (χ3v) is 13.1. The Balaban J connectivity index is 0.000000157. The van der Waals surface area contributed by atoms with Crippen molar-refractivity contribution in [2.45, 2.75) is 91.0 Å². The highest BCUT2D eigenvalue weighted by Gasteiger charge is 2.27. The van der Waals surface area contributed by atoms with E-state index in [0.717, 1.165) is 75.0 Å². The zero-order valence-corrected chi connectivity index (χ0v) is 41.8. The molecule has 70 heavy (non-hydrogen) atoms. The van der Waals surface area contributed by atoms with Crippen molar-refractivity contribution in [1.29, 1.82) is 0 Å². The molecule has 7 aromatic rings. The van der Waals surface area contributed by atoms with Gasteiger partial charge in [-0.15, -0.1) is 0 Å². The van der Waals surface area contributed by atoms with Gasteiger partial charge >= 0.3 is 0 Å². The predicted molar refractivity (Wildman–Crippen MR) is 277 cm³/mol. The van der Waals surface area contributed by atoms with Gasteiger partial charge in [-0.3, -0.25) is 0 Å². The number of hydrogen-bond donors (Lipinski definition) is 4. The summed E-state index contributed by atoms with van der Waals surface area (Å²) in [5, 5.41) is 40.1. The maximum atomic E-state index is 10.8. The fourth-order valence-electron chi connectivity index (χ4n) is 8.34. The van der Waals surface area contributed by atoms with Crippen molar-refractivity contribution in [2.24, 2.45) is 0 Å². The Kier molecular flexibility index (Phi) is 16.6. The van der Waals surface area contributed by atoms with E-state index in [1.165, 1.54) is 22.3 Å². The Hall–Kier alpha value is -6.78. The number of aryl methyl sites for hydroxylation is 3. The van der Waals surface area contributed by atoms with Crippen LogP contribution in [0.15, 0.2) is 146 Å². The maximum absolute atomic E-state index is 10.8. The normalized spacial score (nSPS) is 14.9. The molecule has 0 radical (unpaired) electrons. The largest absolute Gasteiger partial charge is 0.508 e. The molecule has 0 spiro atoms. The first-order chi connectivity index (χ1) is 33.5. The van der Waals surface area contributed by atoms with Crippen LogP contribution in [0.25, 0.3) is 0 Å². The average Bonchev–Trinajstić information content (AvgIpc) is 4.32. The minimum Gasteiger partial charge on any atom is -0.508 e. The highest BCUT2D eigenvalue weighted by atomic mass is 16.6. The van der Waals surface area contributed by atoms with Crippen LogP contribution in [0, 0.1) is 20.8 Å². The number of benzene rings is 7. The topological polar surface area (TPSA) is 134 Å². The highest BCUT2D eigenvalue weighted by Crippen LogP contribution is 2.36. The number of hydrogen-bond acceptors (Lipinski definition) is 9. The molecule has 4 N–H and O–H groups in total. The lowest BCUT2D eigenvalue weighted by atomic mass is 9.78. The number of methoxy groups -OCH3 is 1. The zero-order valence-electron chi connectivity index (χ0n) is 41.8. The van der Waals surface area contributed by atoms with Crippen LogP contribution in [0.1, 0.15) is 94.5 Å². The third-order valence-electron chi connectivity index (χ3n) is 13.1. The van der Waals surface area contributed by atoms with Crippen LogP contribution in [0.4, 0.5) is 0 Å². The van der Waals surface area contributed by atoms with Gasteiger partial charge in [0.2, 0.25) is 0 Å². The van der Waals surface area contributed by atoms with E-state index in [1.807, 2.05) is 106 Å². The third kappa shape index (κ3) is 13.7. The van der Waals surface area contributed by atoms with Crippen molar-refractivity contribution < 1.29 is 44.1 Å². The van der Waals surface area contributed by atoms with Crippen LogP contribution in [0.5, 0.6) is 34.5 Å². The quantitative estimate of drug-likeness (QED) is 0.0699. The average molecular weight is 945 g/mol. The maximum Gasteiger partial charge on any atom is 0.122 e. The molecule has 0 saturated carbocycles. The standard InChI is InChI=1S/C23H24O3.C21H24O4.C17H20O2/c1-14-4-6-21(24)17(8-14)12-19-10-16(3)11-20(23(19)26)13-18-9-15(2)5-7-22(18)25;1-21(2,15-3-7-17(8-4-15)22-11-19-13-24-19)16-5-9-18(10-6-16)23-12-20-14-25-20;1-17(2,14-6-4-13(12-18)5-7-14)15-8-10-16(19-3)11-9-15/h4-11,24-26H,12-13H2,1-3H3;3-10,19-20H,11-14H2,1-2H3;4-11,18H,12H2,1-3H3. The van der Waals surface area contributed by atoms with Crippen molar-refractivity contribution >= 4 is 0 Å². The Bertz CT molecular complexity index is 2600. The number of rotatable bonds is 16. The van der Waals surface area contributed by atoms with Crippen molar-refractivity contribution in [3.63, 3.8) is 0 Å². The van der Waals surface area contributed by atoms with E-state index < -0.39 is 0 Å². The van der Waals surface area contributed by atoms with Gasteiger partial charge in [-0.2, -0.15) is 0 Å². The van der Waals surface area contributed by atoms with Crippen molar-refractivity contribution in [3.8, 4) is 34.5 Å². The van der Waals surface area contributed by atoms with Gasteiger partial charge in [0.05, 0.1) is 26.9 Å². The molecule has 0 bridgehead atoms. The number of phenolic OH excluding ortho intramolecular Hbond substituents is 3. The molecule has 2 unspecified atom stereocenters. The van der Waals surface area contributed by atoms with Gasteiger partial charge in [-0.05, 0) is 119 Å². The summed E-state index contributed by atoms with van der Waals surface area (Å²) in [5.74, 6) is 3.33. The van der Waals surface area contributed by atoms with Gasteiger partial charge in [0, 0.05) is 23.7 Å². The second-order valence-electron chi connectivity index (χ2n) is 19.5. The summed E-state index contributed by atoms with van der Waals surface area (Å²) in [6.45, 7) is 17.8. The second-order valence-corrected chi connectivity index (χ2v) is 19.5. The van der Waals surface area contributed by atoms with E-state index in [-0.39, 0.29) is 46.9 Å². The smallest absolute Gasteiger partial charge is 0.122 e. The molecule has 2 saturated heterocycles. The summed E-state index contributed by atoms with van der Waals surface area (Å²) < 4.78 is 27.0. The van der Waals surface area contributed by atoms with Crippen molar-refractivity contribution in [3.05, 3.63) is 212 Å². The fraction of sp³-hybridized carbons (Fsp3) is 0.311. The van der Waals surface area contributed by atoms with Crippen LogP contribution in [-0.4, -0.2) is 66.2 Å². The van der Waals surface area contributed by atoms with Crippen LogP contribution in [-0.2, 0) is 39.8 Å². The lowest BCUT2D eigenvalue weighted by Crippen LogP contribution is -2.18. The molecule has 9 rings (SSSR count). The Morgan fingerprint density at radius 2 is 0.814 bits per heavy atom. The molecule has 2 aliphatic rings. The van der Waals surface area contributed by atoms with E-state index in [0.29, 0.717) is 26.1 Å². The molecule has 0 aromatic heterocycles. The Morgan fingerprint density at radius 1 is 0.471 bits per heavy atom. The van der Waals surface area contributed by atoms with Crippen molar-refractivity contribution in [1.82, 2.24) is 0 Å². The van der Waals surface area contributed by atoms with Crippen LogP contribution in [0.2, 0.25) is 0 Å².